The molecule has 146 valence electrons. The molecule has 0 fully saturated rings. The van der Waals surface area contributed by atoms with Crippen molar-refractivity contribution in [2.24, 2.45) is 0 Å². The highest BCUT2D eigenvalue weighted by Crippen LogP contribution is 2.27. The van der Waals surface area contributed by atoms with Gasteiger partial charge in [-0.3, -0.25) is 4.98 Å². The molecule has 0 spiro atoms. The summed E-state index contributed by atoms with van der Waals surface area (Å²) < 4.78 is 32.3. The predicted octanol–water partition coefficient (Wildman–Crippen LogP) is 4.87. The summed E-state index contributed by atoms with van der Waals surface area (Å²) in [5.74, 6) is -0.403. The van der Waals surface area contributed by atoms with Crippen molar-refractivity contribution in [2.45, 2.75) is 13.1 Å². The van der Waals surface area contributed by atoms with Gasteiger partial charge < -0.3 is 10.1 Å². The second kappa shape index (κ2) is 8.32. The van der Waals surface area contributed by atoms with Gasteiger partial charge in [0.2, 0.25) is 0 Å². The van der Waals surface area contributed by atoms with E-state index in [-0.39, 0.29) is 6.54 Å². The van der Waals surface area contributed by atoms with Gasteiger partial charge in [0.15, 0.2) is 0 Å². The van der Waals surface area contributed by atoms with Gasteiger partial charge in [-0.25, -0.2) is 13.8 Å². The number of hydrogen-bond acceptors (Lipinski definition) is 4. The van der Waals surface area contributed by atoms with Crippen LogP contribution in [-0.2, 0) is 13.1 Å². The number of fused-ring (bicyclic) bond motifs is 1. The summed E-state index contributed by atoms with van der Waals surface area (Å²) in [6, 6.07) is 15.2. The van der Waals surface area contributed by atoms with Crippen LogP contribution < -0.4 is 10.1 Å². The molecule has 1 N–H and O–H groups in total. The van der Waals surface area contributed by atoms with Crippen LogP contribution in [0, 0.1) is 11.6 Å². The van der Waals surface area contributed by atoms with Crippen LogP contribution >= 0.6 is 0 Å². The lowest BCUT2D eigenvalue weighted by Gasteiger charge is -2.13. The van der Waals surface area contributed by atoms with E-state index in [4.69, 9.17) is 9.72 Å². The number of hydrogen-bond donors (Lipinski definition) is 1. The van der Waals surface area contributed by atoms with E-state index in [1.165, 1.54) is 12.1 Å². The SMILES string of the molecule is COc1ccc2cc(CNCc3ccc(F)cc3F)c(-c3ccncc3)nc2c1. The van der Waals surface area contributed by atoms with Crippen LogP contribution in [0.1, 0.15) is 11.1 Å². The molecule has 4 nitrogen and oxygen atoms in total. The number of aromatic nitrogens is 2. The minimum Gasteiger partial charge on any atom is -0.497 e. The van der Waals surface area contributed by atoms with E-state index in [1.807, 2.05) is 30.3 Å². The van der Waals surface area contributed by atoms with E-state index in [9.17, 15) is 8.78 Å². The topological polar surface area (TPSA) is 47.0 Å². The molecule has 2 aromatic carbocycles. The Morgan fingerprint density at radius 3 is 2.45 bits per heavy atom. The first-order valence-electron chi connectivity index (χ1n) is 9.17. The molecule has 2 aromatic heterocycles. The summed E-state index contributed by atoms with van der Waals surface area (Å²) in [6.45, 7) is 0.756. The first-order chi connectivity index (χ1) is 14.1. The molecule has 6 heteroatoms. The fourth-order valence-corrected chi connectivity index (χ4v) is 3.21. The average Bonchev–Trinajstić information content (AvgIpc) is 2.75. The molecule has 4 aromatic rings. The Hall–Kier alpha value is -3.38. The summed E-state index contributed by atoms with van der Waals surface area (Å²) in [6.07, 6.45) is 3.44. The number of halogens is 2. The maximum Gasteiger partial charge on any atom is 0.130 e. The van der Waals surface area contributed by atoms with Crippen molar-refractivity contribution >= 4 is 10.9 Å². The molecule has 0 radical (unpaired) electrons. The van der Waals surface area contributed by atoms with Crippen molar-refractivity contribution in [3.8, 4) is 17.0 Å². The Bertz CT molecular complexity index is 1150. The minimum absolute atomic E-state index is 0.280. The molecule has 0 saturated carbocycles. The number of methoxy groups -OCH3 is 1. The molecular formula is C23H19F2N3O. The molecule has 0 bridgehead atoms. The maximum absolute atomic E-state index is 13.9. The average molecular weight is 391 g/mol. The number of pyridine rings is 2. The van der Waals surface area contributed by atoms with Crippen LogP contribution in [0.4, 0.5) is 8.78 Å². The van der Waals surface area contributed by atoms with Crippen molar-refractivity contribution in [1.29, 1.82) is 0 Å². The first-order valence-corrected chi connectivity index (χ1v) is 9.17. The van der Waals surface area contributed by atoms with Gasteiger partial charge in [-0.15, -0.1) is 0 Å². The molecule has 29 heavy (non-hydrogen) atoms. The van der Waals surface area contributed by atoms with Gasteiger partial charge in [-0.1, -0.05) is 6.07 Å². The van der Waals surface area contributed by atoms with Crippen molar-refractivity contribution < 1.29 is 13.5 Å². The van der Waals surface area contributed by atoms with Gasteiger partial charge >= 0.3 is 0 Å². The second-order valence-corrected chi connectivity index (χ2v) is 6.63. The molecule has 0 aliphatic carbocycles. The molecule has 0 amide bonds. The lowest BCUT2D eigenvalue weighted by molar-refractivity contribution is 0.415. The molecule has 2 heterocycles. The number of nitrogens with zero attached hydrogens (tertiary/aromatic N) is 2. The minimum atomic E-state index is -0.583. The van der Waals surface area contributed by atoms with Gasteiger partial charge in [-0.2, -0.15) is 0 Å². The van der Waals surface area contributed by atoms with Crippen LogP contribution in [0.3, 0.4) is 0 Å². The predicted molar refractivity (Wildman–Crippen MR) is 108 cm³/mol. The third-order valence-electron chi connectivity index (χ3n) is 4.70. The molecule has 4 rings (SSSR count). The molecule has 0 saturated heterocycles. The van der Waals surface area contributed by atoms with Gasteiger partial charge in [0.25, 0.3) is 0 Å². The van der Waals surface area contributed by atoms with Gasteiger partial charge in [-0.05, 0) is 42.0 Å². The smallest absolute Gasteiger partial charge is 0.130 e. The van der Waals surface area contributed by atoms with E-state index in [1.54, 1.807) is 19.5 Å². The third-order valence-corrected chi connectivity index (χ3v) is 4.70. The molecular weight excluding hydrogens is 372 g/mol. The lowest BCUT2D eigenvalue weighted by Crippen LogP contribution is -2.15. The van der Waals surface area contributed by atoms with Crippen LogP contribution in [0.5, 0.6) is 5.75 Å². The Morgan fingerprint density at radius 1 is 0.897 bits per heavy atom. The zero-order valence-electron chi connectivity index (χ0n) is 15.8. The second-order valence-electron chi connectivity index (χ2n) is 6.63. The van der Waals surface area contributed by atoms with Crippen molar-refractivity contribution in [2.75, 3.05) is 7.11 Å². The summed E-state index contributed by atoms with van der Waals surface area (Å²) in [7, 11) is 1.62. The quantitative estimate of drug-likeness (QED) is 0.509. The number of ether oxygens (including phenoxy) is 1. The zero-order valence-corrected chi connectivity index (χ0v) is 15.8. The molecule has 0 unspecified atom stereocenters. The molecule has 0 aliphatic rings. The summed E-state index contributed by atoms with van der Waals surface area (Å²) in [5, 5.41) is 4.21. The Labute approximate surface area is 167 Å². The first kappa shape index (κ1) is 19.0. The fourth-order valence-electron chi connectivity index (χ4n) is 3.21. The molecule has 0 atom stereocenters. The highest BCUT2D eigenvalue weighted by molar-refractivity contribution is 5.84. The van der Waals surface area contributed by atoms with Crippen LogP contribution in [0.2, 0.25) is 0 Å². The van der Waals surface area contributed by atoms with E-state index in [2.05, 4.69) is 16.4 Å². The highest BCUT2D eigenvalue weighted by atomic mass is 19.1. The number of nitrogens with one attached hydrogen (secondary N) is 1. The monoisotopic (exact) mass is 391 g/mol. The Morgan fingerprint density at radius 2 is 1.69 bits per heavy atom. The highest BCUT2D eigenvalue weighted by Gasteiger charge is 2.11. The normalized spacial score (nSPS) is 11.0. The van der Waals surface area contributed by atoms with E-state index in [0.29, 0.717) is 12.1 Å². The van der Waals surface area contributed by atoms with E-state index >= 15 is 0 Å². The maximum atomic E-state index is 13.9. The van der Waals surface area contributed by atoms with E-state index < -0.39 is 11.6 Å². The van der Waals surface area contributed by atoms with Crippen molar-refractivity contribution in [1.82, 2.24) is 15.3 Å². The van der Waals surface area contributed by atoms with Gasteiger partial charge in [0.05, 0.1) is 18.3 Å². The van der Waals surface area contributed by atoms with Gasteiger partial charge in [0, 0.05) is 54.1 Å². The lowest BCUT2D eigenvalue weighted by atomic mass is 10.0. The Kier molecular flexibility index (Phi) is 5.44. The summed E-state index contributed by atoms with van der Waals surface area (Å²) in [4.78, 5) is 8.91. The van der Waals surface area contributed by atoms with Crippen molar-refractivity contribution in [3.63, 3.8) is 0 Å². The molecule has 0 aliphatic heterocycles. The van der Waals surface area contributed by atoms with Crippen LogP contribution in [0.25, 0.3) is 22.2 Å². The Balaban J connectivity index is 1.66. The summed E-state index contributed by atoms with van der Waals surface area (Å²) >= 11 is 0. The largest absolute Gasteiger partial charge is 0.497 e. The number of benzene rings is 2. The fraction of sp³-hybridized carbons (Fsp3) is 0.130. The van der Waals surface area contributed by atoms with Crippen LogP contribution in [-0.4, -0.2) is 17.1 Å². The standard InChI is InChI=1S/C23H19F2N3O/c1-29-20-5-3-16-10-18(14-27-13-17-2-4-19(24)11-21(17)25)23(28-22(16)12-20)15-6-8-26-9-7-15/h2-12,27H,13-14H2,1H3. The van der Waals surface area contributed by atoms with Crippen LogP contribution in [0.15, 0.2) is 67.0 Å². The zero-order chi connectivity index (χ0) is 20.2. The number of rotatable bonds is 6. The summed E-state index contributed by atoms with van der Waals surface area (Å²) in [5.41, 5.74) is 3.96. The van der Waals surface area contributed by atoms with Crippen molar-refractivity contribution in [3.05, 3.63) is 89.8 Å². The van der Waals surface area contributed by atoms with E-state index in [0.717, 1.165) is 39.5 Å². The van der Waals surface area contributed by atoms with Gasteiger partial charge in [0.1, 0.15) is 17.4 Å². The third kappa shape index (κ3) is 4.22.